The zero-order valence-corrected chi connectivity index (χ0v) is 40.2. The summed E-state index contributed by atoms with van der Waals surface area (Å²) < 4.78 is 52.7. The quantitative estimate of drug-likeness (QED) is 0.0516. The highest BCUT2D eigenvalue weighted by atomic mass is 32.2. The van der Waals surface area contributed by atoms with Gasteiger partial charge in [-0.05, 0) is 104 Å². The molecule has 352 valence electrons. The lowest BCUT2D eigenvalue weighted by atomic mass is 9.78. The Morgan fingerprint density at radius 1 is 0.754 bits per heavy atom. The summed E-state index contributed by atoms with van der Waals surface area (Å²) in [5, 5.41) is 30.5. The molecule has 2 unspecified atom stereocenters. The van der Waals surface area contributed by atoms with Crippen molar-refractivity contribution in [3.05, 3.63) is 72.3 Å². The van der Waals surface area contributed by atoms with Gasteiger partial charge in [0, 0.05) is 42.1 Å². The number of nitrogens with one attached hydrogen (secondary N) is 1. The molecule has 1 aliphatic rings. The van der Waals surface area contributed by atoms with Crippen LogP contribution in [0.3, 0.4) is 0 Å². The van der Waals surface area contributed by atoms with Crippen LogP contribution in [0.1, 0.15) is 94.2 Å². The van der Waals surface area contributed by atoms with Gasteiger partial charge in [0.05, 0.1) is 64.7 Å². The minimum Gasteiger partial charge on any atom is -0.493 e. The van der Waals surface area contributed by atoms with Gasteiger partial charge in [0.15, 0.2) is 0 Å². The van der Waals surface area contributed by atoms with Crippen LogP contribution in [0.5, 0.6) is 11.5 Å². The van der Waals surface area contributed by atoms with E-state index in [1.807, 2.05) is 64.1 Å². The molecule has 2 aromatic rings. The SMILES string of the molecule is C=CC(=O)NC(C)(C)C.CC(C)(C)N1CC1.CC(C)(C)OS(C)(=O)=O.CC(CO)COc1ccc(C(C)(C)c2ccc(OCC(O)COCCOCCOCCO)cc2)cc1. The van der Waals surface area contributed by atoms with E-state index in [0.717, 1.165) is 23.1 Å². The van der Waals surface area contributed by atoms with Crippen molar-refractivity contribution in [1.82, 2.24) is 10.2 Å². The number of nitrogens with zero attached hydrogens (tertiary/aromatic N) is 1. The van der Waals surface area contributed by atoms with Gasteiger partial charge in [0.2, 0.25) is 5.91 Å². The van der Waals surface area contributed by atoms with Crippen molar-refractivity contribution in [2.45, 2.75) is 111 Å². The standard InChI is InChI=1S/C28H42O8.C7H13NO.C6H13N.C5H12O3S/c1-22(18-30)19-35-26-8-4-23(5-9-26)28(2,3)24-6-10-27(11-7-24)36-21-25(31)20-34-17-16-33-15-14-32-13-12-29;1-5-6(9)8-7(2,3)4;1-6(2,3)7-4-5-7;1-5(2,3)8-9(4,6)7/h4-11,22,25,29-31H,12-21H2,1-3H3;5H,1H2,2-4H3,(H,8,9);4-5H2,1-3H3;1-4H3. The van der Waals surface area contributed by atoms with E-state index in [2.05, 4.69) is 67.7 Å². The van der Waals surface area contributed by atoms with E-state index in [4.69, 9.17) is 33.9 Å². The van der Waals surface area contributed by atoms with Crippen LogP contribution < -0.4 is 14.8 Å². The van der Waals surface area contributed by atoms with Crippen molar-refractivity contribution >= 4 is 16.0 Å². The first-order chi connectivity index (χ1) is 28.1. The second-order valence-corrected chi connectivity index (χ2v) is 19.8. The fourth-order valence-corrected chi connectivity index (χ4v) is 5.86. The maximum absolute atomic E-state index is 10.6. The highest BCUT2D eigenvalue weighted by Crippen LogP contribution is 2.33. The summed E-state index contributed by atoms with van der Waals surface area (Å²) in [6.07, 6.45) is 1.57. The number of ether oxygens (including phenoxy) is 5. The van der Waals surface area contributed by atoms with Crippen molar-refractivity contribution in [2.75, 3.05) is 85.4 Å². The number of hydrogen-bond donors (Lipinski definition) is 4. The molecule has 0 aliphatic carbocycles. The largest absolute Gasteiger partial charge is 0.493 e. The lowest BCUT2D eigenvalue weighted by Crippen LogP contribution is -2.39. The van der Waals surface area contributed by atoms with Gasteiger partial charge in [-0.15, -0.1) is 0 Å². The van der Waals surface area contributed by atoms with E-state index >= 15 is 0 Å². The molecule has 1 heterocycles. The van der Waals surface area contributed by atoms with Crippen LogP contribution in [-0.2, 0) is 38.7 Å². The predicted molar refractivity (Wildman–Crippen MR) is 243 cm³/mol. The zero-order valence-electron chi connectivity index (χ0n) is 39.4. The molecule has 1 fully saturated rings. The van der Waals surface area contributed by atoms with Crippen LogP contribution in [0, 0.1) is 5.92 Å². The zero-order chi connectivity index (χ0) is 46.9. The molecule has 1 saturated heterocycles. The minimum atomic E-state index is -3.28. The van der Waals surface area contributed by atoms with Gasteiger partial charge in [-0.25, -0.2) is 0 Å². The summed E-state index contributed by atoms with van der Waals surface area (Å²) in [7, 11) is -3.28. The summed E-state index contributed by atoms with van der Waals surface area (Å²) in [6.45, 7) is 32.7. The lowest BCUT2D eigenvalue weighted by molar-refractivity contribution is -0.117. The molecule has 15 heteroatoms. The molecule has 2 atom stereocenters. The fourth-order valence-electron chi connectivity index (χ4n) is 4.95. The van der Waals surface area contributed by atoms with E-state index in [9.17, 15) is 18.3 Å². The Labute approximate surface area is 368 Å². The molecular weight excluding hydrogens is 805 g/mol. The van der Waals surface area contributed by atoms with Crippen LogP contribution in [0.25, 0.3) is 0 Å². The van der Waals surface area contributed by atoms with Crippen molar-refractivity contribution in [3.8, 4) is 11.5 Å². The molecule has 1 amide bonds. The van der Waals surface area contributed by atoms with Crippen molar-refractivity contribution in [1.29, 1.82) is 0 Å². The Morgan fingerprint density at radius 2 is 1.20 bits per heavy atom. The number of aliphatic hydroxyl groups excluding tert-OH is 3. The van der Waals surface area contributed by atoms with Crippen LogP contribution in [0.4, 0.5) is 0 Å². The second kappa shape index (κ2) is 28.5. The summed E-state index contributed by atoms with van der Waals surface area (Å²) >= 11 is 0. The number of hydrogen-bond acceptors (Lipinski definition) is 13. The topological polar surface area (TPSA) is 182 Å². The maximum Gasteiger partial charge on any atom is 0.264 e. The number of amides is 1. The lowest BCUT2D eigenvalue weighted by Gasteiger charge is -2.26. The molecule has 0 radical (unpaired) electrons. The normalized spacial score (nSPS) is 14.1. The Balaban J connectivity index is 0.00000115. The first-order valence-electron chi connectivity index (χ1n) is 20.8. The van der Waals surface area contributed by atoms with Gasteiger partial charge in [-0.2, -0.15) is 8.42 Å². The monoisotopic (exact) mass is 885 g/mol. The number of aliphatic hydroxyl groups is 3. The Kier molecular flexibility index (Phi) is 27.1. The maximum atomic E-state index is 10.6. The second-order valence-electron chi connectivity index (χ2n) is 18.3. The van der Waals surface area contributed by atoms with Crippen molar-refractivity contribution < 1.29 is 56.4 Å². The van der Waals surface area contributed by atoms with Gasteiger partial charge in [0.25, 0.3) is 10.1 Å². The molecule has 3 rings (SSSR count). The summed E-state index contributed by atoms with van der Waals surface area (Å²) in [5.41, 5.74) is 1.78. The predicted octanol–water partition coefficient (Wildman–Crippen LogP) is 5.75. The third-order valence-corrected chi connectivity index (χ3v) is 9.01. The van der Waals surface area contributed by atoms with Gasteiger partial charge < -0.3 is 44.3 Å². The van der Waals surface area contributed by atoms with E-state index in [1.54, 1.807) is 20.8 Å². The summed E-state index contributed by atoms with van der Waals surface area (Å²) in [6, 6.07) is 15.9. The third kappa shape index (κ3) is 31.4. The fraction of sp³-hybridized carbons (Fsp3) is 0.674. The number of carbonyl (C=O) groups excluding carboxylic acids is 1. The molecule has 2 aromatic carbocycles. The highest BCUT2D eigenvalue weighted by Gasteiger charge is 2.29. The molecule has 0 spiro atoms. The van der Waals surface area contributed by atoms with E-state index in [0.29, 0.717) is 50.9 Å². The average Bonchev–Trinajstić information content (AvgIpc) is 4.01. The smallest absolute Gasteiger partial charge is 0.264 e. The molecule has 1 aliphatic heterocycles. The third-order valence-electron chi connectivity index (χ3n) is 8.21. The molecular formula is C46H80N2O12S. The molecule has 0 aromatic heterocycles. The van der Waals surface area contributed by atoms with E-state index < -0.39 is 21.8 Å². The molecule has 0 saturated carbocycles. The molecule has 14 nitrogen and oxygen atoms in total. The van der Waals surface area contributed by atoms with Gasteiger partial charge >= 0.3 is 0 Å². The van der Waals surface area contributed by atoms with E-state index in [-0.39, 0.29) is 49.2 Å². The number of carbonyl (C=O) groups is 1. The van der Waals surface area contributed by atoms with Crippen LogP contribution in [0.15, 0.2) is 61.2 Å². The Morgan fingerprint density at radius 3 is 1.51 bits per heavy atom. The Bertz CT molecular complexity index is 1580. The number of rotatable bonds is 21. The van der Waals surface area contributed by atoms with Crippen LogP contribution >= 0.6 is 0 Å². The summed E-state index contributed by atoms with van der Waals surface area (Å²) in [4.78, 5) is 13.0. The van der Waals surface area contributed by atoms with Crippen LogP contribution in [0.2, 0.25) is 0 Å². The number of benzene rings is 2. The molecule has 61 heavy (non-hydrogen) atoms. The first-order valence-corrected chi connectivity index (χ1v) is 22.6. The minimum absolute atomic E-state index is 0.00305. The average molecular weight is 885 g/mol. The van der Waals surface area contributed by atoms with Crippen LogP contribution in [-0.4, -0.2) is 143 Å². The van der Waals surface area contributed by atoms with E-state index in [1.165, 1.54) is 19.2 Å². The molecule has 4 N–H and O–H groups in total. The van der Waals surface area contributed by atoms with Crippen molar-refractivity contribution in [3.63, 3.8) is 0 Å². The van der Waals surface area contributed by atoms with Gasteiger partial charge in [0.1, 0.15) is 24.2 Å². The van der Waals surface area contributed by atoms with Gasteiger partial charge in [-0.1, -0.05) is 51.6 Å². The summed E-state index contributed by atoms with van der Waals surface area (Å²) in [5.74, 6) is 1.45. The molecule has 0 bridgehead atoms. The van der Waals surface area contributed by atoms with Crippen molar-refractivity contribution in [2.24, 2.45) is 5.92 Å². The van der Waals surface area contributed by atoms with Gasteiger partial charge in [-0.3, -0.25) is 13.9 Å². The highest BCUT2D eigenvalue weighted by molar-refractivity contribution is 7.86. The Hall–Kier alpha value is -3.12. The first kappa shape index (κ1) is 57.9.